The molecule has 0 fully saturated rings. The lowest BCUT2D eigenvalue weighted by Gasteiger charge is -2.30. The minimum Gasteiger partial charge on any atom is -0.460 e. The molecule has 1 atom stereocenters. The number of aliphatic hydroxyl groups excluding tert-OH is 1. The molecule has 0 spiro atoms. The summed E-state index contributed by atoms with van der Waals surface area (Å²) in [4.78, 5) is 23.9. The maximum Gasteiger partial charge on any atom is 0.316 e. The molecule has 5 heteroatoms. The van der Waals surface area contributed by atoms with Crippen molar-refractivity contribution in [2.45, 2.75) is 57.7 Å². The van der Waals surface area contributed by atoms with E-state index in [1.54, 1.807) is 13.8 Å². The van der Waals surface area contributed by atoms with Crippen LogP contribution in [0.4, 0.5) is 0 Å². The predicted molar refractivity (Wildman–Crippen MR) is 116 cm³/mol. The van der Waals surface area contributed by atoms with Crippen molar-refractivity contribution in [3.63, 3.8) is 0 Å². The normalized spacial score (nSPS) is 13.5. The number of aryl methyl sites for hydroxylation is 1. The van der Waals surface area contributed by atoms with Gasteiger partial charge in [-0.15, -0.1) is 0 Å². The molecule has 0 heterocycles. The zero-order chi connectivity index (χ0) is 22.0. The van der Waals surface area contributed by atoms with Crippen molar-refractivity contribution in [3.05, 3.63) is 71.3 Å². The summed E-state index contributed by atoms with van der Waals surface area (Å²) < 4.78 is 11.5. The summed E-state index contributed by atoms with van der Waals surface area (Å²) in [7, 11) is 0. The summed E-state index contributed by atoms with van der Waals surface area (Å²) in [6.07, 6.45) is 2.36. The van der Waals surface area contributed by atoms with E-state index >= 15 is 0 Å². The largest absolute Gasteiger partial charge is 0.460 e. The molecule has 0 amide bonds. The average Bonchev–Trinajstić information content (AvgIpc) is 2.76. The highest BCUT2D eigenvalue weighted by Gasteiger charge is 2.37. The number of carbonyl (C=O) groups excluding carboxylic acids is 2. The summed E-state index contributed by atoms with van der Waals surface area (Å²) in [6.45, 7) is 5.85. The summed E-state index contributed by atoms with van der Waals surface area (Å²) >= 11 is 0. The van der Waals surface area contributed by atoms with Crippen LogP contribution in [0.1, 0.15) is 50.3 Å². The van der Waals surface area contributed by atoms with Gasteiger partial charge in [-0.1, -0.05) is 54.6 Å². The predicted octanol–water partition coefficient (Wildman–Crippen LogP) is 4.00. The Bertz CT molecular complexity index is 815. The number of ether oxygens (including phenoxy) is 2. The van der Waals surface area contributed by atoms with Crippen LogP contribution in [0.5, 0.6) is 0 Å². The number of aldehydes is 1. The number of esters is 1. The lowest BCUT2D eigenvalue weighted by Crippen LogP contribution is -2.38. The zero-order valence-electron chi connectivity index (χ0n) is 18.1. The molecule has 0 radical (unpaired) electrons. The molecule has 162 valence electrons. The minimum absolute atomic E-state index is 0.108. The van der Waals surface area contributed by atoms with E-state index in [1.165, 1.54) is 0 Å². The monoisotopic (exact) mass is 412 g/mol. The highest BCUT2D eigenvalue weighted by atomic mass is 16.5. The Labute approximate surface area is 179 Å². The summed E-state index contributed by atoms with van der Waals surface area (Å²) in [5.74, 6) is -0.329. The van der Waals surface area contributed by atoms with Crippen LogP contribution in [0.3, 0.4) is 0 Å². The molecule has 0 bridgehead atoms. The number of benzene rings is 2. The van der Waals surface area contributed by atoms with E-state index in [0.29, 0.717) is 25.9 Å². The minimum atomic E-state index is -0.919. The molecule has 5 nitrogen and oxygen atoms in total. The van der Waals surface area contributed by atoms with Gasteiger partial charge in [0.2, 0.25) is 0 Å². The van der Waals surface area contributed by atoms with Gasteiger partial charge in [0, 0.05) is 13.0 Å². The van der Waals surface area contributed by atoms with Gasteiger partial charge in [0.05, 0.1) is 17.6 Å². The molecular formula is C25H32O5. The maximum absolute atomic E-state index is 13.2. The van der Waals surface area contributed by atoms with Gasteiger partial charge in [-0.25, -0.2) is 0 Å². The van der Waals surface area contributed by atoms with Crippen LogP contribution in [0.15, 0.2) is 54.6 Å². The Hall–Kier alpha value is -2.50. The molecule has 1 unspecified atom stereocenters. The first-order chi connectivity index (χ1) is 14.3. The average molecular weight is 413 g/mol. The first-order valence-corrected chi connectivity index (χ1v) is 10.3. The molecule has 2 rings (SSSR count). The van der Waals surface area contributed by atoms with Gasteiger partial charge in [0.25, 0.3) is 0 Å². The van der Waals surface area contributed by atoms with Crippen molar-refractivity contribution in [1.82, 2.24) is 0 Å². The third-order valence-corrected chi connectivity index (χ3v) is 5.25. The van der Waals surface area contributed by atoms with E-state index in [0.717, 1.165) is 23.0 Å². The number of carbonyl (C=O) groups is 2. The van der Waals surface area contributed by atoms with Crippen LogP contribution in [-0.2, 0) is 37.5 Å². The second-order valence-electron chi connectivity index (χ2n) is 8.32. The lowest BCUT2D eigenvalue weighted by molar-refractivity contribution is -0.153. The molecule has 2 aromatic carbocycles. The summed E-state index contributed by atoms with van der Waals surface area (Å²) in [5, 5.41) is 9.43. The van der Waals surface area contributed by atoms with Crippen LogP contribution < -0.4 is 0 Å². The van der Waals surface area contributed by atoms with E-state index in [-0.39, 0.29) is 19.2 Å². The first kappa shape index (κ1) is 23.8. The van der Waals surface area contributed by atoms with Crippen molar-refractivity contribution < 1.29 is 24.2 Å². The van der Waals surface area contributed by atoms with E-state index in [1.807, 2.05) is 61.5 Å². The Kier molecular flexibility index (Phi) is 8.75. The Balaban J connectivity index is 2.22. The molecule has 30 heavy (non-hydrogen) atoms. The fourth-order valence-corrected chi connectivity index (χ4v) is 3.12. The SMILES string of the molecule is CC(C)(CO)OCCC(C)(C(=O)OCc1ccccc1)c1cccc(CCC=O)c1. The number of rotatable bonds is 12. The molecule has 0 aliphatic rings. The van der Waals surface area contributed by atoms with Crippen molar-refractivity contribution in [1.29, 1.82) is 0 Å². The van der Waals surface area contributed by atoms with Crippen molar-refractivity contribution in [2.24, 2.45) is 0 Å². The molecule has 0 saturated carbocycles. The first-order valence-electron chi connectivity index (χ1n) is 10.3. The second kappa shape index (κ2) is 11.0. The van der Waals surface area contributed by atoms with Crippen LogP contribution in [0.2, 0.25) is 0 Å². The highest BCUT2D eigenvalue weighted by Crippen LogP contribution is 2.31. The van der Waals surface area contributed by atoms with Crippen LogP contribution in [-0.4, -0.2) is 36.2 Å². The van der Waals surface area contributed by atoms with E-state index in [2.05, 4.69) is 0 Å². The van der Waals surface area contributed by atoms with Gasteiger partial charge in [-0.3, -0.25) is 4.79 Å². The molecule has 2 aromatic rings. The summed E-state index contributed by atoms with van der Waals surface area (Å²) in [6, 6.07) is 17.3. The lowest BCUT2D eigenvalue weighted by atomic mass is 9.79. The second-order valence-corrected chi connectivity index (χ2v) is 8.32. The van der Waals surface area contributed by atoms with Gasteiger partial charge < -0.3 is 19.4 Å². The van der Waals surface area contributed by atoms with Crippen LogP contribution in [0.25, 0.3) is 0 Å². The quantitative estimate of drug-likeness (QED) is 0.421. The molecule has 0 aliphatic carbocycles. The molecular weight excluding hydrogens is 380 g/mol. The van der Waals surface area contributed by atoms with E-state index < -0.39 is 11.0 Å². The molecule has 0 aromatic heterocycles. The van der Waals surface area contributed by atoms with Crippen molar-refractivity contribution in [2.75, 3.05) is 13.2 Å². The zero-order valence-corrected chi connectivity index (χ0v) is 18.1. The highest BCUT2D eigenvalue weighted by molar-refractivity contribution is 5.82. The molecule has 1 N–H and O–H groups in total. The topological polar surface area (TPSA) is 72.8 Å². The van der Waals surface area contributed by atoms with Crippen LogP contribution in [0, 0.1) is 0 Å². The maximum atomic E-state index is 13.2. The van der Waals surface area contributed by atoms with Gasteiger partial charge in [0.1, 0.15) is 12.9 Å². The Morgan fingerprint density at radius 3 is 2.40 bits per heavy atom. The van der Waals surface area contributed by atoms with Gasteiger partial charge >= 0.3 is 5.97 Å². The van der Waals surface area contributed by atoms with Crippen molar-refractivity contribution in [3.8, 4) is 0 Å². The fourth-order valence-electron chi connectivity index (χ4n) is 3.12. The third kappa shape index (κ3) is 6.78. The number of hydrogen-bond donors (Lipinski definition) is 1. The number of hydrogen-bond acceptors (Lipinski definition) is 5. The Morgan fingerprint density at radius 2 is 1.73 bits per heavy atom. The van der Waals surface area contributed by atoms with Crippen LogP contribution >= 0.6 is 0 Å². The smallest absolute Gasteiger partial charge is 0.316 e. The van der Waals surface area contributed by atoms with Crippen molar-refractivity contribution >= 4 is 12.3 Å². The third-order valence-electron chi connectivity index (χ3n) is 5.25. The van der Waals surface area contributed by atoms with E-state index in [4.69, 9.17) is 9.47 Å². The Morgan fingerprint density at radius 1 is 1.03 bits per heavy atom. The fraction of sp³-hybridized carbons (Fsp3) is 0.440. The van der Waals surface area contributed by atoms with Gasteiger partial charge in [0.15, 0.2) is 0 Å². The molecule has 0 saturated heterocycles. The number of aliphatic hydroxyl groups is 1. The van der Waals surface area contributed by atoms with E-state index in [9.17, 15) is 14.7 Å². The summed E-state index contributed by atoms with van der Waals surface area (Å²) in [5.41, 5.74) is 1.15. The van der Waals surface area contributed by atoms with Gasteiger partial charge in [-0.2, -0.15) is 0 Å². The standard InChI is InChI=1S/C25H32O5/c1-24(2,19-27)30-16-14-25(3,22-13-7-11-20(17-22)12-8-15-26)23(28)29-18-21-9-5-4-6-10-21/h4-7,9-11,13,15,17,27H,8,12,14,16,18-19H2,1-3H3. The van der Waals surface area contributed by atoms with Gasteiger partial charge in [-0.05, 0) is 50.3 Å². The molecule has 0 aliphatic heterocycles.